The van der Waals surface area contributed by atoms with Gasteiger partial charge in [0.1, 0.15) is 0 Å². The minimum atomic E-state index is 0.0211. The van der Waals surface area contributed by atoms with E-state index in [1.54, 1.807) is 6.92 Å². The molecule has 0 aliphatic carbocycles. The van der Waals surface area contributed by atoms with Crippen LogP contribution < -0.4 is 15.1 Å². The smallest absolute Gasteiger partial charge is 0.216 e. The summed E-state index contributed by atoms with van der Waals surface area (Å²) in [5.41, 5.74) is 3.72. The van der Waals surface area contributed by atoms with E-state index in [2.05, 4.69) is 74.6 Å². The lowest BCUT2D eigenvalue weighted by Gasteiger charge is -2.40. The lowest BCUT2D eigenvalue weighted by Crippen LogP contribution is -2.49. The summed E-state index contributed by atoms with van der Waals surface area (Å²) in [7, 11) is 4.10. The van der Waals surface area contributed by atoms with Crippen molar-refractivity contribution in [1.29, 1.82) is 0 Å². The second-order valence-electron chi connectivity index (χ2n) is 7.30. The third-order valence-corrected chi connectivity index (χ3v) is 5.21. The van der Waals surface area contributed by atoms with Crippen LogP contribution in [0.5, 0.6) is 0 Å². The van der Waals surface area contributed by atoms with Crippen molar-refractivity contribution in [3.63, 3.8) is 0 Å². The molecule has 1 atom stereocenters. The summed E-state index contributed by atoms with van der Waals surface area (Å²) in [5, 5.41) is 3.02. The molecule has 144 valence electrons. The van der Waals surface area contributed by atoms with Gasteiger partial charge in [0.15, 0.2) is 0 Å². The zero-order valence-electron chi connectivity index (χ0n) is 16.6. The maximum Gasteiger partial charge on any atom is 0.216 e. The highest BCUT2D eigenvalue weighted by molar-refractivity contribution is 5.72. The molecule has 3 rings (SSSR count). The van der Waals surface area contributed by atoms with Crippen LogP contribution in [0.1, 0.15) is 18.5 Å². The number of rotatable bonds is 6. The summed E-state index contributed by atoms with van der Waals surface area (Å²) in [6, 6.07) is 19.4. The van der Waals surface area contributed by atoms with Crippen molar-refractivity contribution >= 4 is 17.3 Å². The second kappa shape index (κ2) is 8.91. The van der Waals surface area contributed by atoms with Crippen LogP contribution in [0.4, 0.5) is 11.4 Å². The van der Waals surface area contributed by atoms with Crippen LogP contribution in [-0.2, 0) is 4.79 Å². The van der Waals surface area contributed by atoms with E-state index in [9.17, 15) is 4.79 Å². The molecule has 0 radical (unpaired) electrons. The molecule has 1 aliphatic rings. The average molecular weight is 367 g/mol. The van der Waals surface area contributed by atoms with Crippen molar-refractivity contribution in [3.8, 4) is 0 Å². The fraction of sp³-hybridized carbons (Fsp3) is 0.409. The predicted molar refractivity (Wildman–Crippen MR) is 112 cm³/mol. The van der Waals surface area contributed by atoms with Crippen LogP contribution >= 0.6 is 0 Å². The van der Waals surface area contributed by atoms with E-state index in [1.807, 2.05) is 14.1 Å². The quantitative estimate of drug-likeness (QED) is 0.853. The molecule has 1 fully saturated rings. The fourth-order valence-corrected chi connectivity index (χ4v) is 3.62. The Bertz CT molecular complexity index is 722. The molecule has 0 bridgehead atoms. The molecule has 1 saturated heterocycles. The number of para-hydroxylation sites is 1. The zero-order valence-corrected chi connectivity index (χ0v) is 16.6. The maximum atomic E-state index is 11.5. The molecule has 1 aliphatic heterocycles. The van der Waals surface area contributed by atoms with E-state index in [0.717, 1.165) is 26.2 Å². The number of hydrogen-bond acceptors (Lipinski definition) is 4. The van der Waals surface area contributed by atoms with Gasteiger partial charge in [-0.15, -0.1) is 0 Å². The highest BCUT2D eigenvalue weighted by Gasteiger charge is 2.25. The van der Waals surface area contributed by atoms with Gasteiger partial charge in [0.05, 0.1) is 6.04 Å². The third-order valence-electron chi connectivity index (χ3n) is 5.21. The lowest BCUT2D eigenvalue weighted by atomic mass is 10.0. The summed E-state index contributed by atoms with van der Waals surface area (Å²) in [5.74, 6) is 0.0211. The van der Waals surface area contributed by atoms with Gasteiger partial charge in [0.25, 0.3) is 0 Å². The second-order valence-corrected chi connectivity index (χ2v) is 7.30. The molecule has 5 heteroatoms. The molecule has 0 aromatic heterocycles. The first kappa shape index (κ1) is 19.2. The Balaban J connectivity index is 1.71. The molecule has 5 nitrogen and oxygen atoms in total. The Kier molecular flexibility index (Phi) is 6.35. The predicted octanol–water partition coefficient (Wildman–Crippen LogP) is 2.75. The van der Waals surface area contributed by atoms with Crippen molar-refractivity contribution in [3.05, 3.63) is 60.2 Å². The zero-order chi connectivity index (χ0) is 19.2. The SMILES string of the molecule is CC(=O)NC[C@H](c1ccc(N(C)C)cc1)N1CCN(c2ccccc2)CC1. The molecule has 1 heterocycles. The Morgan fingerprint density at radius 1 is 1.00 bits per heavy atom. The summed E-state index contributed by atoms with van der Waals surface area (Å²) in [6.07, 6.45) is 0. The Morgan fingerprint density at radius 2 is 1.63 bits per heavy atom. The van der Waals surface area contributed by atoms with E-state index < -0.39 is 0 Å². The summed E-state index contributed by atoms with van der Waals surface area (Å²) < 4.78 is 0. The van der Waals surface area contributed by atoms with Gasteiger partial charge in [-0.2, -0.15) is 0 Å². The minimum absolute atomic E-state index is 0.0211. The molecule has 2 aromatic carbocycles. The first-order valence-electron chi connectivity index (χ1n) is 9.60. The summed E-state index contributed by atoms with van der Waals surface area (Å²) in [6.45, 7) is 6.18. The average Bonchev–Trinajstić information content (AvgIpc) is 2.69. The lowest BCUT2D eigenvalue weighted by molar-refractivity contribution is -0.119. The van der Waals surface area contributed by atoms with Crippen LogP contribution in [0.15, 0.2) is 54.6 Å². The van der Waals surface area contributed by atoms with Gasteiger partial charge in [-0.1, -0.05) is 30.3 Å². The van der Waals surface area contributed by atoms with Gasteiger partial charge in [-0.25, -0.2) is 0 Å². The molecule has 2 aromatic rings. The topological polar surface area (TPSA) is 38.8 Å². The summed E-state index contributed by atoms with van der Waals surface area (Å²) >= 11 is 0. The third kappa shape index (κ3) is 5.01. The van der Waals surface area contributed by atoms with Crippen molar-refractivity contribution in [2.24, 2.45) is 0 Å². The normalized spacial score (nSPS) is 16.0. The van der Waals surface area contributed by atoms with Crippen molar-refractivity contribution < 1.29 is 4.79 Å². The number of anilines is 2. The van der Waals surface area contributed by atoms with Crippen LogP contribution in [0.3, 0.4) is 0 Å². The van der Waals surface area contributed by atoms with Gasteiger partial charge in [0.2, 0.25) is 5.91 Å². The van der Waals surface area contributed by atoms with Crippen LogP contribution in [0.2, 0.25) is 0 Å². The molecular formula is C22H30N4O. The molecule has 0 unspecified atom stereocenters. The van der Waals surface area contributed by atoms with Gasteiger partial charge in [0, 0.05) is 65.1 Å². The highest BCUT2D eigenvalue weighted by Crippen LogP contribution is 2.25. The number of benzene rings is 2. The molecular weight excluding hydrogens is 336 g/mol. The number of piperazine rings is 1. The number of nitrogens with one attached hydrogen (secondary N) is 1. The van der Waals surface area contributed by atoms with Crippen LogP contribution in [-0.4, -0.2) is 57.6 Å². The van der Waals surface area contributed by atoms with Crippen LogP contribution in [0, 0.1) is 0 Å². The molecule has 27 heavy (non-hydrogen) atoms. The van der Waals surface area contributed by atoms with E-state index in [1.165, 1.54) is 16.9 Å². The van der Waals surface area contributed by atoms with Crippen molar-refractivity contribution in [2.45, 2.75) is 13.0 Å². The largest absolute Gasteiger partial charge is 0.378 e. The molecule has 1 amide bonds. The standard InChI is InChI=1S/C22H30N4O/c1-18(27)23-17-22(19-9-11-20(12-10-19)24(2)3)26-15-13-25(14-16-26)21-7-5-4-6-8-21/h4-12,22H,13-17H2,1-3H3,(H,23,27)/t22-/m1/s1. The monoisotopic (exact) mass is 366 g/mol. The molecule has 0 saturated carbocycles. The van der Waals surface area contributed by atoms with Gasteiger partial charge in [-0.3, -0.25) is 9.69 Å². The van der Waals surface area contributed by atoms with Gasteiger partial charge < -0.3 is 15.1 Å². The fourth-order valence-electron chi connectivity index (χ4n) is 3.62. The van der Waals surface area contributed by atoms with E-state index in [4.69, 9.17) is 0 Å². The van der Waals surface area contributed by atoms with Crippen molar-refractivity contribution in [2.75, 3.05) is 56.6 Å². The molecule has 0 spiro atoms. The van der Waals surface area contributed by atoms with E-state index in [0.29, 0.717) is 6.54 Å². The number of hydrogen-bond donors (Lipinski definition) is 1. The molecule has 1 N–H and O–H groups in total. The number of carbonyl (C=O) groups excluding carboxylic acids is 1. The van der Waals surface area contributed by atoms with Crippen molar-refractivity contribution in [1.82, 2.24) is 10.2 Å². The Hall–Kier alpha value is -2.53. The van der Waals surface area contributed by atoms with Gasteiger partial charge in [-0.05, 0) is 29.8 Å². The highest BCUT2D eigenvalue weighted by atomic mass is 16.1. The van der Waals surface area contributed by atoms with Crippen LogP contribution in [0.25, 0.3) is 0 Å². The minimum Gasteiger partial charge on any atom is -0.378 e. The Morgan fingerprint density at radius 3 is 2.19 bits per heavy atom. The first-order valence-corrected chi connectivity index (χ1v) is 9.60. The first-order chi connectivity index (χ1) is 13.0. The number of amides is 1. The van der Waals surface area contributed by atoms with Gasteiger partial charge >= 0.3 is 0 Å². The number of nitrogens with zero attached hydrogens (tertiary/aromatic N) is 3. The number of carbonyl (C=O) groups is 1. The van der Waals surface area contributed by atoms with E-state index in [-0.39, 0.29) is 11.9 Å². The van der Waals surface area contributed by atoms with E-state index >= 15 is 0 Å². The Labute approximate surface area is 162 Å². The summed E-state index contributed by atoms with van der Waals surface area (Å²) in [4.78, 5) is 18.5. The maximum absolute atomic E-state index is 11.5.